The maximum atomic E-state index is 12.4. The monoisotopic (exact) mass is 396 g/mol. The van der Waals surface area contributed by atoms with Gasteiger partial charge in [0.2, 0.25) is 0 Å². The summed E-state index contributed by atoms with van der Waals surface area (Å²) in [5.41, 5.74) is 8.11. The maximum absolute atomic E-state index is 12.4. The van der Waals surface area contributed by atoms with E-state index in [0.29, 0.717) is 12.1 Å². The van der Waals surface area contributed by atoms with E-state index >= 15 is 0 Å². The van der Waals surface area contributed by atoms with Crippen LogP contribution in [0, 0.1) is 0 Å². The molecule has 0 heterocycles. The molecule has 5 heteroatoms. The highest BCUT2D eigenvalue weighted by Gasteiger charge is 2.21. The standard InChI is InChI=1S/C18H21BrN2O.ClH/c1-18(2,11-13-5-9-16(19)10-6-13)21-17(22)15-7-3-14(12-20)4-8-15;/h3-10H,11-12,20H2,1-2H3,(H,21,22);1H. The average molecular weight is 398 g/mol. The molecule has 0 saturated heterocycles. The number of carbonyl (C=O) groups excluding carboxylic acids is 1. The molecule has 124 valence electrons. The fourth-order valence-corrected chi connectivity index (χ4v) is 2.59. The van der Waals surface area contributed by atoms with Crippen LogP contribution in [0.3, 0.4) is 0 Å². The lowest BCUT2D eigenvalue weighted by Crippen LogP contribution is -2.45. The highest BCUT2D eigenvalue weighted by molar-refractivity contribution is 9.10. The lowest BCUT2D eigenvalue weighted by atomic mass is 9.94. The molecule has 0 saturated carbocycles. The Labute approximate surface area is 152 Å². The van der Waals surface area contributed by atoms with Crippen LogP contribution in [0.1, 0.15) is 35.3 Å². The Bertz CT molecular complexity index is 639. The van der Waals surface area contributed by atoms with Crippen molar-refractivity contribution in [3.8, 4) is 0 Å². The van der Waals surface area contributed by atoms with Crippen molar-refractivity contribution in [2.45, 2.75) is 32.4 Å². The summed E-state index contributed by atoms with van der Waals surface area (Å²) in [6, 6.07) is 15.5. The number of hydrogen-bond donors (Lipinski definition) is 2. The summed E-state index contributed by atoms with van der Waals surface area (Å²) >= 11 is 3.43. The van der Waals surface area contributed by atoms with Crippen LogP contribution in [-0.2, 0) is 13.0 Å². The van der Waals surface area contributed by atoms with Gasteiger partial charge in [0.1, 0.15) is 0 Å². The number of nitrogens with two attached hydrogens (primary N) is 1. The van der Waals surface area contributed by atoms with Gasteiger partial charge in [-0.3, -0.25) is 4.79 Å². The molecule has 0 aliphatic rings. The van der Waals surface area contributed by atoms with Crippen molar-refractivity contribution in [3.63, 3.8) is 0 Å². The van der Waals surface area contributed by atoms with Crippen LogP contribution in [0.15, 0.2) is 53.0 Å². The van der Waals surface area contributed by atoms with Crippen LogP contribution in [-0.4, -0.2) is 11.4 Å². The van der Waals surface area contributed by atoms with Crippen molar-refractivity contribution in [1.82, 2.24) is 5.32 Å². The average Bonchev–Trinajstić information content (AvgIpc) is 2.49. The molecule has 1 amide bonds. The van der Waals surface area contributed by atoms with Crippen LogP contribution >= 0.6 is 28.3 Å². The Morgan fingerprint density at radius 2 is 1.57 bits per heavy atom. The fourth-order valence-electron chi connectivity index (χ4n) is 2.33. The molecule has 0 spiro atoms. The molecule has 0 atom stereocenters. The van der Waals surface area contributed by atoms with Gasteiger partial charge < -0.3 is 11.1 Å². The molecule has 2 aromatic rings. The maximum Gasteiger partial charge on any atom is 0.251 e. The van der Waals surface area contributed by atoms with Crippen molar-refractivity contribution in [3.05, 3.63) is 69.7 Å². The Morgan fingerprint density at radius 3 is 2.09 bits per heavy atom. The molecule has 0 fully saturated rings. The molecule has 0 radical (unpaired) electrons. The minimum absolute atomic E-state index is 0. The molecule has 3 N–H and O–H groups in total. The van der Waals surface area contributed by atoms with Gasteiger partial charge in [0.25, 0.3) is 5.91 Å². The SMILES string of the molecule is CC(C)(Cc1ccc(Br)cc1)NC(=O)c1ccc(CN)cc1.Cl. The van der Waals surface area contributed by atoms with Gasteiger partial charge in [-0.2, -0.15) is 0 Å². The number of carbonyl (C=O) groups is 1. The van der Waals surface area contributed by atoms with Crippen LogP contribution in [0.5, 0.6) is 0 Å². The second-order valence-corrected chi connectivity index (χ2v) is 6.96. The summed E-state index contributed by atoms with van der Waals surface area (Å²) in [4.78, 5) is 12.4. The van der Waals surface area contributed by atoms with E-state index in [4.69, 9.17) is 5.73 Å². The number of hydrogen-bond acceptors (Lipinski definition) is 2. The molecule has 0 aliphatic heterocycles. The van der Waals surface area contributed by atoms with Crippen molar-refractivity contribution in [2.75, 3.05) is 0 Å². The third-order valence-corrected chi connectivity index (χ3v) is 3.99. The number of rotatable bonds is 5. The van der Waals surface area contributed by atoms with Gasteiger partial charge in [0.15, 0.2) is 0 Å². The smallest absolute Gasteiger partial charge is 0.251 e. The molecule has 0 aromatic heterocycles. The van der Waals surface area contributed by atoms with Gasteiger partial charge >= 0.3 is 0 Å². The zero-order valence-corrected chi connectivity index (χ0v) is 15.7. The normalized spacial score (nSPS) is 10.8. The summed E-state index contributed by atoms with van der Waals surface area (Å²) in [6.07, 6.45) is 0.771. The summed E-state index contributed by atoms with van der Waals surface area (Å²) in [7, 11) is 0. The number of nitrogens with one attached hydrogen (secondary N) is 1. The Morgan fingerprint density at radius 1 is 1.04 bits per heavy atom. The second-order valence-electron chi connectivity index (χ2n) is 6.04. The first kappa shape index (κ1) is 19.7. The molecule has 0 aliphatic carbocycles. The van der Waals surface area contributed by atoms with E-state index in [1.807, 2.05) is 50.2 Å². The summed E-state index contributed by atoms with van der Waals surface area (Å²) < 4.78 is 1.05. The number of amides is 1. The minimum atomic E-state index is -0.322. The van der Waals surface area contributed by atoms with Gasteiger partial charge in [0, 0.05) is 22.1 Å². The van der Waals surface area contributed by atoms with E-state index in [2.05, 4.69) is 33.4 Å². The molecule has 0 unspecified atom stereocenters. The van der Waals surface area contributed by atoms with Crippen LogP contribution in [0.25, 0.3) is 0 Å². The van der Waals surface area contributed by atoms with E-state index in [1.54, 1.807) is 0 Å². The van der Waals surface area contributed by atoms with E-state index in [0.717, 1.165) is 16.5 Å². The Balaban J connectivity index is 0.00000264. The Kier molecular flexibility index (Phi) is 7.26. The molecule has 3 nitrogen and oxygen atoms in total. The van der Waals surface area contributed by atoms with E-state index in [-0.39, 0.29) is 23.9 Å². The second kappa shape index (κ2) is 8.48. The molecule has 2 aromatic carbocycles. The largest absolute Gasteiger partial charge is 0.347 e. The minimum Gasteiger partial charge on any atom is -0.347 e. The van der Waals surface area contributed by atoms with Crippen LogP contribution in [0.4, 0.5) is 0 Å². The van der Waals surface area contributed by atoms with Crippen molar-refractivity contribution < 1.29 is 4.79 Å². The molecule has 23 heavy (non-hydrogen) atoms. The molecule has 0 bridgehead atoms. The van der Waals surface area contributed by atoms with Crippen molar-refractivity contribution in [1.29, 1.82) is 0 Å². The molecular formula is C18H22BrClN2O. The number of halogens is 2. The number of benzene rings is 2. The zero-order chi connectivity index (χ0) is 16.2. The van der Waals surface area contributed by atoms with E-state index in [9.17, 15) is 4.79 Å². The van der Waals surface area contributed by atoms with Gasteiger partial charge in [-0.05, 0) is 55.7 Å². The first-order valence-electron chi connectivity index (χ1n) is 7.25. The van der Waals surface area contributed by atoms with Gasteiger partial charge in [0.05, 0.1) is 0 Å². The Hall–Kier alpha value is -1.36. The topological polar surface area (TPSA) is 55.1 Å². The van der Waals surface area contributed by atoms with Gasteiger partial charge in [-0.15, -0.1) is 12.4 Å². The predicted octanol–water partition coefficient (Wildman–Crippen LogP) is 4.08. The van der Waals surface area contributed by atoms with Gasteiger partial charge in [-0.1, -0.05) is 40.2 Å². The fraction of sp³-hybridized carbons (Fsp3) is 0.278. The zero-order valence-electron chi connectivity index (χ0n) is 13.3. The first-order chi connectivity index (χ1) is 10.4. The lowest BCUT2D eigenvalue weighted by molar-refractivity contribution is 0.0913. The molecule has 2 rings (SSSR count). The van der Waals surface area contributed by atoms with Crippen LogP contribution < -0.4 is 11.1 Å². The van der Waals surface area contributed by atoms with Crippen LogP contribution in [0.2, 0.25) is 0 Å². The van der Waals surface area contributed by atoms with E-state index in [1.165, 1.54) is 5.56 Å². The summed E-state index contributed by atoms with van der Waals surface area (Å²) in [5.74, 6) is -0.0642. The summed E-state index contributed by atoms with van der Waals surface area (Å²) in [6.45, 7) is 4.54. The quantitative estimate of drug-likeness (QED) is 0.798. The summed E-state index contributed by atoms with van der Waals surface area (Å²) in [5, 5.41) is 3.09. The van der Waals surface area contributed by atoms with E-state index < -0.39 is 0 Å². The molecular weight excluding hydrogens is 376 g/mol. The first-order valence-corrected chi connectivity index (χ1v) is 8.05. The lowest BCUT2D eigenvalue weighted by Gasteiger charge is -2.26. The predicted molar refractivity (Wildman–Crippen MR) is 101 cm³/mol. The third kappa shape index (κ3) is 5.98. The van der Waals surface area contributed by atoms with Crippen molar-refractivity contribution in [2.24, 2.45) is 5.73 Å². The van der Waals surface area contributed by atoms with Gasteiger partial charge in [-0.25, -0.2) is 0 Å². The highest BCUT2D eigenvalue weighted by atomic mass is 79.9. The third-order valence-electron chi connectivity index (χ3n) is 3.46. The van der Waals surface area contributed by atoms with Crippen molar-refractivity contribution >= 4 is 34.2 Å². The highest BCUT2D eigenvalue weighted by Crippen LogP contribution is 2.17.